The van der Waals surface area contributed by atoms with Crippen molar-refractivity contribution in [2.75, 3.05) is 11.9 Å². The Morgan fingerprint density at radius 1 is 0.863 bits per heavy atom. The summed E-state index contributed by atoms with van der Waals surface area (Å²) >= 11 is 0. The second-order valence-electron chi connectivity index (χ2n) is 22.3. The number of carbonyl (C=O) groups is 9. The molecule has 80 heavy (non-hydrogen) atoms. The van der Waals surface area contributed by atoms with Gasteiger partial charge in [-0.05, 0) is 81.2 Å². The fraction of sp³-hybridized carbons (Fsp3) is 0.491. The maximum atomic E-state index is 15.3. The molecule has 1 saturated heterocycles. The zero-order valence-electron chi connectivity index (χ0n) is 45.8. The number of nitrogens with one attached hydrogen (secondary N) is 3. The third-order valence-corrected chi connectivity index (χ3v) is 15.4. The number of benzene rings is 3. The van der Waals surface area contributed by atoms with Crippen molar-refractivity contribution in [1.29, 1.82) is 0 Å². The van der Waals surface area contributed by atoms with Crippen LogP contribution in [0.4, 0.5) is 15.3 Å². The van der Waals surface area contributed by atoms with Gasteiger partial charge in [-0.25, -0.2) is 19.2 Å². The summed E-state index contributed by atoms with van der Waals surface area (Å²) in [6, 6.07) is 18.5. The molecule has 7 rings (SSSR count). The molecular weight excluding hydrogens is 1040 g/mol. The molecule has 8 N–H and O–H groups in total. The zero-order chi connectivity index (χ0) is 58.9. The van der Waals surface area contributed by atoms with Gasteiger partial charge in [0.2, 0.25) is 23.8 Å². The van der Waals surface area contributed by atoms with Gasteiger partial charge in [-0.1, -0.05) is 74.5 Å². The molecular formula is C57H68N4O19. The van der Waals surface area contributed by atoms with Gasteiger partial charge in [-0.3, -0.25) is 24.0 Å². The average Bonchev–Trinajstić information content (AvgIpc) is 3.48. The molecule has 3 aromatic rings. The lowest BCUT2D eigenvalue weighted by molar-refractivity contribution is -0.346. The van der Waals surface area contributed by atoms with E-state index in [1.165, 1.54) is 83.1 Å². The van der Waals surface area contributed by atoms with Crippen molar-refractivity contribution in [2.45, 2.75) is 154 Å². The Morgan fingerprint density at radius 3 is 2.05 bits per heavy atom. The van der Waals surface area contributed by atoms with E-state index in [0.29, 0.717) is 5.56 Å². The number of ether oxygens (including phenoxy) is 7. The highest BCUT2D eigenvalue weighted by Crippen LogP contribution is 2.64. The lowest BCUT2D eigenvalue weighted by Crippen LogP contribution is -2.81. The minimum absolute atomic E-state index is 0.0162. The number of rotatable bonds is 16. The molecule has 0 aromatic heterocycles. The Balaban J connectivity index is 1.27. The van der Waals surface area contributed by atoms with E-state index in [-0.39, 0.29) is 41.0 Å². The van der Waals surface area contributed by atoms with E-state index in [9.17, 15) is 48.9 Å². The number of hydrogen-bond acceptors (Lipinski definition) is 19. The van der Waals surface area contributed by atoms with Gasteiger partial charge in [0.05, 0.1) is 36.0 Å². The van der Waals surface area contributed by atoms with Crippen molar-refractivity contribution in [2.24, 2.45) is 22.5 Å². The summed E-state index contributed by atoms with van der Waals surface area (Å²) in [6.07, 6.45) is -14.5. The molecule has 2 bridgehead atoms. The van der Waals surface area contributed by atoms with Crippen LogP contribution in [0.5, 0.6) is 0 Å². The van der Waals surface area contributed by atoms with Crippen LogP contribution in [0.1, 0.15) is 109 Å². The monoisotopic (exact) mass is 1110 g/mol. The van der Waals surface area contributed by atoms with Gasteiger partial charge in [0.15, 0.2) is 11.4 Å². The van der Waals surface area contributed by atoms with Gasteiger partial charge in [0.1, 0.15) is 54.3 Å². The number of amides is 4. The molecule has 3 aromatic carbocycles. The fourth-order valence-electron chi connectivity index (χ4n) is 11.5. The minimum Gasteiger partial charge on any atom is -0.455 e. The predicted octanol–water partition coefficient (Wildman–Crippen LogP) is 3.94. The molecule has 1 unspecified atom stereocenters. The van der Waals surface area contributed by atoms with Gasteiger partial charge in [-0.15, -0.1) is 0 Å². The average molecular weight is 1110 g/mol. The molecule has 4 aliphatic rings. The molecule has 0 spiro atoms. The number of aliphatic hydroxyl groups excluding tert-OH is 2. The van der Waals surface area contributed by atoms with Gasteiger partial charge in [0, 0.05) is 37.8 Å². The van der Waals surface area contributed by atoms with E-state index in [1.807, 2.05) is 0 Å². The number of fused-ring (bicyclic) bond motifs is 5. The van der Waals surface area contributed by atoms with Crippen LogP contribution < -0.4 is 21.7 Å². The Labute approximate surface area is 461 Å². The van der Waals surface area contributed by atoms with Crippen molar-refractivity contribution in [3.8, 4) is 0 Å². The first-order valence-corrected chi connectivity index (χ1v) is 25.9. The van der Waals surface area contributed by atoms with E-state index < -0.39 is 155 Å². The predicted molar refractivity (Wildman–Crippen MR) is 279 cm³/mol. The molecule has 430 valence electrons. The van der Waals surface area contributed by atoms with E-state index in [1.54, 1.807) is 57.2 Å². The van der Waals surface area contributed by atoms with Crippen LogP contribution in [0.3, 0.4) is 0 Å². The first-order chi connectivity index (χ1) is 37.4. The number of aliphatic hydroxyl groups is 3. The van der Waals surface area contributed by atoms with E-state index in [2.05, 4.69) is 16.0 Å². The summed E-state index contributed by atoms with van der Waals surface area (Å²) in [4.78, 5) is 122. The molecule has 3 fully saturated rings. The van der Waals surface area contributed by atoms with Gasteiger partial charge in [-0.2, -0.15) is 0 Å². The standard InChI is InChI=1S/C57H68N4O19/c1-29-37(26-57(73)47(78-49(69)34-18-14-11-15-19-34)45-55(9,46(67)43(66)41(29)54(57,7)8)38(64)25-39-56(45,28-75-39)79-31(3)63)76-50(70)44(42(33-16-12-10-13-17-33)61-51(71)80-53(4,5)6)77-52(72)74-27-32-20-22-35(23-21-32)60-48(68)36(24-40(58)65)59-30(2)62/h10-23,36-39,42-45,47,64,66,73H,24-28H2,1-9H3,(H2,58,65)(H,59,62)(H,60,68)(H,61,71)/t36-,37+,38+,39?,42+,43-,44-,45+,47+,55-,56+,57-/m1/s1. The van der Waals surface area contributed by atoms with Crippen LogP contribution in [0.25, 0.3) is 0 Å². The molecule has 12 atom stereocenters. The van der Waals surface area contributed by atoms with Crippen LogP contribution in [-0.4, -0.2) is 135 Å². The Morgan fingerprint density at radius 2 is 1.49 bits per heavy atom. The Kier molecular flexibility index (Phi) is 17.3. The minimum atomic E-state index is -2.51. The SMILES string of the molecule is CC(=O)N[C@H](CC(N)=O)C(=O)Nc1ccc(COC(=O)O[C@@H](C(=O)O[C@H]2C[C@@]3(O)[C@@H](OC(=O)c4ccccc4)[C@H]4[C@](C)(C(=O)[C@H](O)C(=C2C)C3(C)C)[C@@H](O)CC2OC[C@]24OC(C)=O)[C@@H](NC(=O)OC(C)(C)C)c2ccccc2)cc1. The van der Waals surface area contributed by atoms with Gasteiger partial charge >= 0.3 is 30.2 Å². The second kappa shape index (κ2) is 23.2. The quantitative estimate of drug-likeness (QED) is 0.0607. The number of ketones is 1. The zero-order valence-corrected chi connectivity index (χ0v) is 45.8. The molecule has 0 radical (unpaired) electrons. The number of hydrogen-bond donors (Lipinski definition) is 7. The summed E-state index contributed by atoms with van der Waals surface area (Å²) in [5, 5.41) is 45.9. The topological polar surface area (TPSA) is 341 Å². The highest BCUT2D eigenvalue weighted by molar-refractivity contribution is 5.99. The van der Waals surface area contributed by atoms with Gasteiger partial charge < -0.3 is 70.2 Å². The van der Waals surface area contributed by atoms with E-state index in [4.69, 9.17) is 38.9 Å². The smallest absolute Gasteiger partial charge is 0.455 e. The van der Waals surface area contributed by atoms with Crippen molar-refractivity contribution in [3.63, 3.8) is 0 Å². The number of nitrogens with two attached hydrogens (primary N) is 1. The molecule has 1 aliphatic heterocycles. The molecule has 23 heteroatoms. The summed E-state index contributed by atoms with van der Waals surface area (Å²) in [5.41, 5.74) is -3.37. The molecule has 3 aliphatic carbocycles. The Hall–Kier alpha value is -7.73. The van der Waals surface area contributed by atoms with E-state index >= 15 is 9.59 Å². The van der Waals surface area contributed by atoms with E-state index in [0.717, 1.165) is 6.92 Å². The largest absolute Gasteiger partial charge is 0.509 e. The lowest BCUT2D eigenvalue weighted by Gasteiger charge is -2.67. The van der Waals surface area contributed by atoms with Crippen LogP contribution in [0.2, 0.25) is 0 Å². The van der Waals surface area contributed by atoms with Crippen molar-refractivity contribution >= 4 is 59.3 Å². The van der Waals surface area contributed by atoms with Crippen LogP contribution in [-0.2, 0) is 68.5 Å². The van der Waals surface area contributed by atoms with Crippen molar-refractivity contribution < 1.29 is 91.6 Å². The molecule has 23 nitrogen and oxygen atoms in total. The fourth-order valence-corrected chi connectivity index (χ4v) is 11.5. The summed E-state index contributed by atoms with van der Waals surface area (Å²) < 4.78 is 41.5. The Bertz CT molecular complexity index is 2910. The number of esters is 3. The summed E-state index contributed by atoms with van der Waals surface area (Å²) in [7, 11) is 0. The maximum Gasteiger partial charge on any atom is 0.509 e. The maximum absolute atomic E-state index is 15.3. The van der Waals surface area contributed by atoms with Crippen molar-refractivity contribution in [1.82, 2.24) is 10.6 Å². The van der Waals surface area contributed by atoms with Crippen LogP contribution in [0.15, 0.2) is 96.1 Å². The molecule has 2 saturated carbocycles. The number of Topliss-reactive ketones (excluding diaryl/α,β-unsaturated/α-hetero) is 1. The first kappa shape index (κ1) is 59.9. The number of primary amides is 1. The molecule has 4 amide bonds. The second-order valence-corrected chi connectivity index (χ2v) is 22.3. The third kappa shape index (κ3) is 12.1. The highest BCUT2D eigenvalue weighted by Gasteiger charge is 2.78. The normalized spacial score (nSPS) is 27.7. The lowest BCUT2D eigenvalue weighted by atomic mass is 9.44. The van der Waals surface area contributed by atoms with Crippen LogP contribution in [0, 0.1) is 16.7 Å². The number of alkyl carbamates (subject to hydrolysis) is 1. The molecule has 1 heterocycles. The van der Waals surface area contributed by atoms with Gasteiger partial charge in [0.25, 0.3) is 0 Å². The van der Waals surface area contributed by atoms with Crippen molar-refractivity contribution in [3.05, 3.63) is 113 Å². The highest BCUT2D eigenvalue weighted by atomic mass is 16.7. The number of carbonyl (C=O) groups excluding carboxylic acids is 9. The third-order valence-electron chi connectivity index (χ3n) is 15.4. The number of anilines is 1. The summed E-state index contributed by atoms with van der Waals surface area (Å²) in [6.45, 7) is 12.0. The van der Waals surface area contributed by atoms with Crippen LogP contribution >= 0.6 is 0 Å². The first-order valence-electron chi connectivity index (χ1n) is 25.9. The summed E-state index contributed by atoms with van der Waals surface area (Å²) in [5.74, 6) is -7.93.